The largest absolute Gasteiger partial charge is 0.491 e. The predicted molar refractivity (Wildman–Crippen MR) is 136 cm³/mol. The Kier molecular flexibility index (Phi) is 6.05. The van der Waals surface area contributed by atoms with Crippen LogP contribution in [-0.2, 0) is 19.2 Å². The monoisotopic (exact) mass is 548 g/mol. The summed E-state index contributed by atoms with van der Waals surface area (Å²) in [6, 6.07) is 6.92. The number of ether oxygens (including phenoxy) is 1. The van der Waals surface area contributed by atoms with Crippen LogP contribution in [0, 0.1) is 17.8 Å². The number of benzene rings is 1. The van der Waals surface area contributed by atoms with Gasteiger partial charge in [-0.15, -0.1) is 23.2 Å². The fourth-order valence-corrected chi connectivity index (χ4v) is 7.72. The number of fused-ring (bicyclic) bond motifs is 4. The maximum Gasteiger partial charge on any atom is 0.253 e. The molecule has 10 heteroatoms. The summed E-state index contributed by atoms with van der Waals surface area (Å²) >= 11 is 14.3. The first-order chi connectivity index (χ1) is 17.3. The molecular formula is C27H30Cl2N2O6. The van der Waals surface area contributed by atoms with Crippen LogP contribution in [0.4, 0.5) is 0 Å². The number of alkyl halides is 2. The fourth-order valence-electron chi connectivity index (χ4n) is 6.70. The van der Waals surface area contributed by atoms with Gasteiger partial charge in [-0.3, -0.25) is 29.0 Å². The van der Waals surface area contributed by atoms with E-state index >= 15 is 0 Å². The highest BCUT2D eigenvalue weighted by Gasteiger charge is 2.76. The molecule has 6 unspecified atom stereocenters. The first kappa shape index (κ1) is 26.2. The standard InChI is InChI=1S/C27H30Cl2N2O6/c1-25(2,3)31-21(33)17-10-9-16-18(19(17)22(31)34)13-26(28)23(35)30(4)24(36)27(26,29)20(16)14-5-7-15(8-6-14)37-12-11-32/h5-9,17-20,32H,10-13H2,1-4H3. The zero-order chi connectivity index (χ0) is 27.1. The van der Waals surface area contributed by atoms with E-state index in [1.807, 2.05) is 26.8 Å². The van der Waals surface area contributed by atoms with Gasteiger partial charge in [-0.25, -0.2) is 0 Å². The number of nitrogens with zero attached hydrogens (tertiary/aromatic N) is 2. The third-order valence-electron chi connectivity index (χ3n) is 8.26. The highest BCUT2D eigenvalue weighted by molar-refractivity contribution is 6.53. The average molecular weight is 549 g/mol. The number of halogens is 2. The average Bonchev–Trinajstić information content (AvgIpc) is 3.18. The van der Waals surface area contributed by atoms with Crippen molar-refractivity contribution in [3.05, 3.63) is 41.5 Å². The number of rotatable bonds is 4. The molecule has 0 spiro atoms. The molecule has 2 saturated heterocycles. The predicted octanol–water partition coefficient (Wildman–Crippen LogP) is 2.84. The molecule has 198 valence electrons. The van der Waals surface area contributed by atoms with E-state index in [0.29, 0.717) is 17.7 Å². The van der Waals surface area contributed by atoms with E-state index in [9.17, 15) is 19.2 Å². The van der Waals surface area contributed by atoms with E-state index in [4.69, 9.17) is 33.0 Å². The van der Waals surface area contributed by atoms with Crippen molar-refractivity contribution in [1.82, 2.24) is 9.80 Å². The zero-order valence-electron chi connectivity index (χ0n) is 21.2. The first-order valence-electron chi connectivity index (χ1n) is 12.4. The number of carbonyl (C=O) groups is 4. The molecule has 37 heavy (non-hydrogen) atoms. The number of carbonyl (C=O) groups excluding carboxylic acids is 4. The number of aliphatic hydroxyl groups excluding tert-OH is 1. The van der Waals surface area contributed by atoms with Gasteiger partial charge in [-0.1, -0.05) is 23.8 Å². The molecule has 2 aliphatic carbocycles. The van der Waals surface area contributed by atoms with Crippen LogP contribution in [0.25, 0.3) is 0 Å². The van der Waals surface area contributed by atoms with Crippen LogP contribution in [0.3, 0.4) is 0 Å². The number of amides is 4. The molecule has 2 heterocycles. The molecule has 1 saturated carbocycles. The van der Waals surface area contributed by atoms with Crippen LogP contribution in [0.2, 0.25) is 0 Å². The lowest BCUT2D eigenvalue weighted by Gasteiger charge is -2.50. The minimum atomic E-state index is -1.81. The van der Waals surface area contributed by atoms with Crippen molar-refractivity contribution in [2.45, 2.75) is 54.8 Å². The van der Waals surface area contributed by atoms with Gasteiger partial charge in [0.15, 0.2) is 9.75 Å². The summed E-state index contributed by atoms with van der Waals surface area (Å²) in [5, 5.41) is 9.05. The van der Waals surface area contributed by atoms with Gasteiger partial charge >= 0.3 is 0 Å². The highest BCUT2D eigenvalue weighted by Crippen LogP contribution is 2.65. The molecule has 3 fully saturated rings. The molecule has 4 amide bonds. The minimum Gasteiger partial charge on any atom is -0.491 e. The lowest BCUT2D eigenvalue weighted by Crippen LogP contribution is -2.60. The van der Waals surface area contributed by atoms with Gasteiger partial charge in [0.2, 0.25) is 11.8 Å². The summed E-state index contributed by atoms with van der Waals surface area (Å²) in [6.07, 6.45) is 2.23. The van der Waals surface area contributed by atoms with Crippen LogP contribution < -0.4 is 4.74 Å². The van der Waals surface area contributed by atoms with Gasteiger partial charge in [0.1, 0.15) is 12.4 Å². The smallest absolute Gasteiger partial charge is 0.253 e. The summed E-state index contributed by atoms with van der Waals surface area (Å²) in [5.74, 6) is -3.76. The van der Waals surface area contributed by atoms with E-state index in [-0.39, 0.29) is 31.4 Å². The Morgan fingerprint density at radius 2 is 1.68 bits per heavy atom. The lowest BCUT2D eigenvalue weighted by atomic mass is 9.56. The van der Waals surface area contributed by atoms with Gasteiger partial charge < -0.3 is 9.84 Å². The van der Waals surface area contributed by atoms with Crippen molar-refractivity contribution in [2.24, 2.45) is 17.8 Å². The van der Waals surface area contributed by atoms with Crippen molar-refractivity contribution in [2.75, 3.05) is 20.3 Å². The Morgan fingerprint density at radius 1 is 1.03 bits per heavy atom. The molecule has 5 rings (SSSR count). The molecule has 0 aromatic heterocycles. The number of likely N-dealkylation sites (tertiary alicyclic amines) is 2. The van der Waals surface area contributed by atoms with Crippen LogP contribution in [0.5, 0.6) is 5.75 Å². The third-order valence-corrected chi connectivity index (χ3v) is 9.67. The topological polar surface area (TPSA) is 104 Å². The molecule has 0 radical (unpaired) electrons. The SMILES string of the molecule is CN1C(=O)C2(Cl)CC3C(=CCC4C(=O)N(C(C)(C)C)C(=O)C43)C(c3ccc(OCCO)cc3)C2(Cl)C1=O. The van der Waals surface area contributed by atoms with Crippen LogP contribution >= 0.6 is 23.2 Å². The van der Waals surface area contributed by atoms with Crippen molar-refractivity contribution in [3.8, 4) is 5.75 Å². The zero-order valence-corrected chi connectivity index (χ0v) is 22.7. The van der Waals surface area contributed by atoms with E-state index in [1.165, 1.54) is 11.9 Å². The summed E-state index contributed by atoms with van der Waals surface area (Å²) < 4.78 is 5.48. The maximum absolute atomic E-state index is 13.7. The molecule has 1 aromatic rings. The second kappa shape index (κ2) is 8.55. The highest BCUT2D eigenvalue weighted by atomic mass is 35.5. The number of hydrogen-bond donors (Lipinski definition) is 1. The fraction of sp³-hybridized carbons (Fsp3) is 0.556. The second-order valence-corrected chi connectivity index (χ2v) is 12.6. The number of allylic oxidation sites excluding steroid dienone is 2. The minimum absolute atomic E-state index is 0.0227. The van der Waals surface area contributed by atoms with Gasteiger partial charge in [0, 0.05) is 18.5 Å². The van der Waals surface area contributed by atoms with E-state index < -0.39 is 50.8 Å². The Balaban J connectivity index is 1.65. The molecule has 0 bridgehead atoms. The Hall–Kier alpha value is -2.42. The molecule has 2 aliphatic heterocycles. The first-order valence-corrected chi connectivity index (χ1v) is 13.2. The van der Waals surface area contributed by atoms with Gasteiger partial charge in [-0.2, -0.15) is 0 Å². The molecule has 8 nitrogen and oxygen atoms in total. The maximum atomic E-state index is 13.7. The Morgan fingerprint density at radius 3 is 2.27 bits per heavy atom. The Bertz CT molecular complexity index is 1220. The molecule has 1 aromatic carbocycles. The number of aliphatic hydroxyl groups is 1. The van der Waals surface area contributed by atoms with E-state index in [1.54, 1.807) is 24.3 Å². The second-order valence-electron chi connectivity index (χ2n) is 11.3. The van der Waals surface area contributed by atoms with Crippen molar-refractivity contribution in [1.29, 1.82) is 0 Å². The summed E-state index contributed by atoms with van der Waals surface area (Å²) in [6.45, 7) is 5.45. The summed E-state index contributed by atoms with van der Waals surface area (Å²) in [5.41, 5.74) is 0.704. The van der Waals surface area contributed by atoms with Crippen molar-refractivity contribution >= 4 is 46.8 Å². The summed E-state index contributed by atoms with van der Waals surface area (Å²) in [4.78, 5) is 52.8. The number of hydrogen-bond acceptors (Lipinski definition) is 6. The van der Waals surface area contributed by atoms with E-state index in [2.05, 4.69) is 0 Å². The number of imide groups is 2. The van der Waals surface area contributed by atoms with Crippen LogP contribution in [0.1, 0.15) is 45.1 Å². The molecule has 4 aliphatic rings. The summed E-state index contributed by atoms with van der Waals surface area (Å²) in [7, 11) is 1.37. The molecule has 6 atom stereocenters. The van der Waals surface area contributed by atoms with Gasteiger partial charge in [-0.05, 0) is 57.2 Å². The van der Waals surface area contributed by atoms with Gasteiger partial charge in [0.25, 0.3) is 11.8 Å². The third kappa shape index (κ3) is 3.45. The van der Waals surface area contributed by atoms with Gasteiger partial charge in [0.05, 0.1) is 18.4 Å². The normalized spacial score (nSPS) is 35.4. The van der Waals surface area contributed by atoms with Crippen LogP contribution in [-0.4, -0.2) is 74.1 Å². The molecule has 1 N–H and O–H groups in total. The lowest BCUT2D eigenvalue weighted by molar-refractivity contribution is -0.146. The Labute approximate surface area is 225 Å². The van der Waals surface area contributed by atoms with Crippen LogP contribution in [0.15, 0.2) is 35.9 Å². The van der Waals surface area contributed by atoms with E-state index in [0.717, 1.165) is 10.5 Å². The molecular weight excluding hydrogens is 519 g/mol. The van der Waals surface area contributed by atoms with Crippen molar-refractivity contribution < 1.29 is 29.0 Å². The quantitative estimate of drug-likeness (QED) is 0.352. The van der Waals surface area contributed by atoms with Crippen molar-refractivity contribution in [3.63, 3.8) is 0 Å².